The van der Waals surface area contributed by atoms with Crippen molar-refractivity contribution in [3.05, 3.63) is 59.8 Å². The standard InChI is InChI=1S/C17H18N4O/c1-12-16(20-11-19-12)17-18-7-8-21(17)10-15-14-5-3-2-4-13(14)6-9-22-15/h2-5,7-8,11,15H,6,9-10H2,1H3,(H,19,20)/t15-/m1/s1. The molecule has 1 aromatic carbocycles. The van der Waals surface area contributed by atoms with E-state index in [9.17, 15) is 0 Å². The maximum Gasteiger partial charge on any atom is 0.160 e. The maximum atomic E-state index is 6.00. The number of aryl methyl sites for hydroxylation is 1. The molecule has 0 saturated carbocycles. The Morgan fingerprint density at radius 3 is 3.09 bits per heavy atom. The van der Waals surface area contributed by atoms with E-state index in [0.29, 0.717) is 0 Å². The summed E-state index contributed by atoms with van der Waals surface area (Å²) in [6, 6.07) is 8.53. The molecule has 1 aliphatic heterocycles. The summed E-state index contributed by atoms with van der Waals surface area (Å²) < 4.78 is 8.12. The molecular formula is C17H18N4O. The third-order valence-electron chi connectivity index (χ3n) is 4.21. The van der Waals surface area contributed by atoms with Crippen LogP contribution in [0.3, 0.4) is 0 Å². The van der Waals surface area contributed by atoms with Crippen molar-refractivity contribution in [1.29, 1.82) is 0 Å². The van der Waals surface area contributed by atoms with E-state index in [2.05, 4.69) is 43.8 Å². The molecule has 3 aromatic rings. The highest BCUT2D eigenvalue weighted by Crippen LogP contribution is 2.29. The second-order valence-electron chi connectivity index (χ2n) is 5.59. The molecule has 0 bridgehead atoms. The van der Waals surface area contributed by atoms with E-state index in [4.69, 9.17) is 4.74 Å². The SMILES string of the molecule is Cc1[nH]cnc1-c1nccn1C[C@H]1OCCc2ccccc21. The number of ether oxygens (including phenoxy) is 1. The van der Waals surface area contributed by atoms with Crippen molar-refractivity contribution in [1.82, 2.24) is 19.5 Å². The van der Waals surface area contributed by atoms with Crippen molar-refractivity contribution in [2.24, 2.45) is 0 Å². The van der Waals surface area contributed by atoms with Crippen LogP contribution in [0, 0.1) is 6.92 Å². The van der Waals surface area contributed by atoms with Crippen LogP contribution in [0.25, 0.3) is 11.5 Å². The number of hydrogen-bond acceptors (Lipinski definition) is 3. The minimum Gasteiger partial charge on any atom is -0.371 e. The predicted octanol–water partition coefficient (Wildman–Crippen LogP) is 2.90. The highest BCUT2D eigenvalue weighted by atomic mass is 16.5. The molecular weight excluding hydrogens is 276 g/mol. The fraction of sp³-hybridized carbons (Fsp3) is 0.294. The second-order valence-corrected chi connectivity index (χ2v) is 5.59. The van der Waals surface area contributed by atoms with Gasteiger partial charge in [-0.25, -0.2) is 9.97 Å². The van der Waals surface area contributed by atoms with Gasteiger partial charge in [0.15, 0.2) is 5.82 Å². The molecule has 3 heterocycles. The summed E-state index contributed by atoms with van der Waals surface area (Å²) in [6.07, 6.45) is 6.57. The van der Waals surface area contributed by atoms with Gasteiger partial charge in [0.25, 0.3) is 0 Å². The van der Waals surface area contributed by atoms with Crippen molar-refractivity contribution < 1.29 is 4.74 Å². The van der Waals surface area contributed by atoms with Gasteiger partial charge in [0, 0.05) is 18.1 Å². The van der Waals surface area contributed by atoms with E-state index in [1.54, 1.807) is 6.33 Å². The zero-order valence-corrected chi connectivity index (χ0v) is 12.5. The highest BCUT2D eigenvalue weighted by Gasteiger charge is 2.22. The summed E-state index contributed by atoms with van der Waals surface area (Å²) in [5, 5.41) is 0. The smallest absolute Gasteiger partial charge is 0.160 e. The molecule has 0 spiro atoms. The molecule has 0 unspecified atom stereocenters. The fourth-order valence-corrected chi connectivity index (χ4v) is 3.06. The molecule has 1 aliphatic rings. The Bertz CT molecular complexity index is 789. The van der Waals surface area contributed by atoms with Gasteiger partial charge in [-0.15, -0.1) is 0 Å². The quantitative estimate of drug-likeness (QED) is 0.808. The van der Waals surface area contributed by atoms with E-state index in [1.807, 2.05) is 19.3 Å². The first kappa shape index (κ1) is 13.3. The van der Waals surface area contributed by atoms with E-state index in [-0.39, 0.29) is 6.10 Å². The molecule has 5 heteroatoms. The van der Waals surface area contributed by atoms with E-state index in [0.717, 1.165) is 36.8 Å². The highest BCUT2D eigenvalue weighted by molar-refractivity contribution is 5.52. The summed E-state index contributed by atoms with van der Waals surface area (Å²) in [5.41, 5.74) is 4.59. The number of H-pyrrole nitrogens is 1. The second kappa shape index (κ2) is 5.42. The van der Waals surface area contributed by atoms with E-state index in [1.165, 1.54) is 11.1 Å². The van der Waals surface area contributed by atoms with Crippen LogP contribution in [0.2, 0.25) is 0 Å². The lowest BCUT2D eigenvalue weighted by Gasteiger charge is -2.26. The topological polar surface area (TPSA) is 55.7 Å². The molecule has 0 amide bonds. The number of aromatic amines is 1. The Balaban J connectivity index is 1.66. The third-order valence-corrected chi connectivity index (χ3v) is 4.21. The van der Waals surface area contributed by atoms with Crippen molar-refractivity contribution in [2.75, 3.05) is 6.61 Å². The zero-order chi connectivity index (χ0) is 14.9. The van der Waals surface area contributed by atoms with Gasteiger partial charge >= 0.3 is 0 Å². The summed E-state index contributed by atoms with van der Waals surface area (Å²) in [7, 11) is 0. The first-order valence-electron chi connectivity index (χ1n) is 7.54. The van der Waals surface area contributed by atoms with Crippen LogP contribution in [-0.4, -0.2) is 26.1 Å². The molecule has 1 N–H and O–H groups in total. The number of fused-ring (bicyclic) bond motifs is 1. The van der Waals surface area contributed by atoms with Crippen molar-refractivity contribution in [3.63, 3.8) is 0 Å². The van der Waals surface area contributed by atoms with Crippen LogP contribution in [0.5, 0.6) is 0 Å². The van der Waals surface area contributed by atoms with Gasteiger partial charge in [-0.2, -0.15) is 0 Å². The van der Waals surface area contributed by atoms with Crippen molar-refractivity contribution in [3.8, 4) is 11.5 Å². The van der Waals surface area contributed by atoms with Crippen molar-refractivity contribution in [2.45, 2.75) is 26.0 Å². The maximum absolute atomic E-state index is 6.00. The lowest BCUT2D eigenvalue weighted by molar-refractivity contribution is 0.0309. The number of benzene rings is 1. The number of nitrogens with zero attached hydrogens (tertiary/aromatic N) is 3. The molecule has 4 rings (SSSR count). The molecule has 5 nitrogen and oxygen atoms in total. The summed E-state index contributed by atoms with van der Waals surface area (Å²) in [4.78, 5) is 12.0. The molecule has 22 heavy (non-hydrogen) atoms. The molecule has 112 valence electrons. The minimum absolute atomic E-state index is 0.0668. The number of hydrogen-bond donors (Lipinski definition) is 1. The van der Waals surface area contributed by atoms with Gasteiger partial charge in [-0.1, -0.05) is 24.3 Å². The average Bonchev–Trinajstić information content (AvgIpc) is 3.16. The lowest BCUT2D eigenvalue weighted by atomic mass is 9.97. The Hall–Kier alpha value is -2.40. The number of imidazole rings is 2. The molecule has 1 atom stereocenters. The van der Waals surface area contributed by atoms with Crippen LogP contribution in [0.15, 0.2) is 43.0 Å². The van der Waals surface area contributed by atoms with Gasteiger partial charge in [0.1, 0.15) is 11.8 Å². The van der Waals surface area contributed by atoms with Crippen LogP contribution in [0.1, 0.15) is 22.9 Å². The first-order valence-corrected chi connectivity index (χ1v) is 7.54. The number of rotatable bonds is 3. The monoisotopic (exact) mass is 294 g/mol. The molecule has 0 radical (unpaired) electrons. The molecule has 2 aromatic heterocycles. The van der Waals surface area contributed by atoms with E-state index < -0.39 is 0 Å². The molecule has 0 fully saturated rings. The van der Waals surface area contributed by atoms with Gasteiger partial charge < -0.3 is 14.3 Å². The lowest BCUT2D eigenvalue weighted by Crippen LogP contribution is -2.20. The van der Waals surface area contributed by atoms with Crippen LogP contribution in [-0.2, 0) is 17.7 Å². The normalized spacial score (nSPS) is 17.4. The molecule has 0 aliphatic carbocycles. The van der Waals surface area contributed by atoms with Crippen LogP contribution in [0.4, 0.5) is 0 Å². The number of nitrogens with one attached hydrogen (secondary N) is 1. The Morgan fingerprint density at radius 2 is 2.23 bits per heavy atom. The van der Waals surface area contributed by atoms with Gasteiger partial charge in [-0.05, 0) is 24.5 Å². The van der Waals surface area contributed by atoms with Gasteiger partial charge in [0.2, 0.25) is 0 Å². The summed E-state index contributed by atoms with van der Waals surface area (Å²) >= 11 is 0. The zero-order valence-electron chi connectivity index (χ0n) is 12.5. The summed E-state index contributed by atoms with van der Waals surface area (Å²) in [6.45, 7) is 3.53. The van der Waals surface area contributed by atoms with Crippen molar-refractivity contribution >= 4 is 0 Å². The Kier molecular flexibility index (Phi) is 3.27. The largest absolute Gasteiger partial charge is 0.371 e. The van der Waals surface area contributed by atoms with Gasteiger partial charge in [-0.3, -0.25) is 0 Å². The molecule has 0 saturated heterocycles. The Morgan fingerprint density at radius 1 is 1.32 bits per heavy atom. The van der Waals surface area contributed by atoms with Crippen LogP contribution >= 0.6 is 0 Å². The first-order chi connectivity index (χ1) is 10.8. The minimum atomic E-state index is 0.0668. The van der Waals surface area contributed by atoms with Crippen LogP contribution < -0.4 is 0 Å². The number of aromatic nitrogens is 4. The van der Waals surface area contributed by atoms with E-state index >= 15 is 0 Å². The van der Waals surface area contributed by atoms with Gasteiger partial charge in [0.05, 0.1) is 19.5 Å². The fourth-order valence-electron chi connectivity index (χ4n) is 3.06. The average molecular weight is 294 g/mol. The predicted molar refractivity (Wildman–Crippen MR) is 83.4 cm³/mol. The third kappa shape index (κ3) is 2.23. The Labute approximate surface area is 129 Å². The summed E-state index contributed by atoms with van der Waals surface area (Å²) in [5.74, 6) is 0.880.